The van der Waals surface area contributed by atoms with Crippen molar-refractivity contribution >= 4 is 68.4 Å². The van der Waals surface area contributed by atoms with Crippen LogP contribution in [0.25, 0.3) is 0 Å². The fourth-order valence-electron chi connectivity index (χ4n) is 3.41. The van der Waals surface area contributed by atoms with Gasteiger partial charge >= 0.3 is 0 Å². The Morgan fingerprint density at radius 3 is 2.58 bits per heavy atom. The van der Waals surface area contributed by atoms with Crippen molar-refractivity contribution in [1.29, 1.82) is 0 Å². The number of rotatable bonds is 10. The van der Waals surface area contributed by atoms with Gasteiger partial charge < -0.3 is 15.2 Å². The van der Waals surface area contributed by atoms with Crippen LogP contribution < -0.4 is 10.6 Å². The van der Waals surface area contributed by atoms with E-state index in [-0.39, 0.29) is 28.5 Å². The van der Waals surface area contributed by atoms with Crippen LogP contribution in [0.5, 0.6) is 0 Å². The van der Waals surface area contributed by atoms with Crippen molar-refractivity contribution in [3.63, 3.8) is 0 Å². The van der Waals surface area contributed by atoms with E-state index in [0.717, 1.165) is 15.7 Å². The molecular weight excluding hydrogens is 585 g/mol. The van der Waals surface area contributed by atoms with Crippen molar-refractivity contribution in [2.24, 2.45) is 5.92 Å². The van der Waals surface area contributed by atoms with Gasteiger partial charge in [0.05, 0.1) is 22.4 Å². The summed E-state index contributed by atoms with van der Waals surface area (Å²) in [6.07, 6.45) is 1.72. The van der Waals surface area contributed by atoms with Crippen molar-refractivity contribution in [2.45, 2.75) is 38.5 Å². The molecule has 11 heteroatoms. The molecule has 0 fully saturated rings. The smallest absolute Gasteiger partial charge is 0.253 e. The normalized spacial score (nSPS) is 11.9. The second kappa shape index (κ2) is 12.8. The van der Waals surface area contributed by atoms with Crippen LogP contribution in [0.4, 0.5) is 5.69 Å². The minimum atomic E-state index is -0.453. The number of allylic oxidation sites excluding steroid dienone is 1. The van der Waals surface area contributed by atoms with E-state index in [9.17, 15) is 9.59 Å². The molecule has 2 amide bonds. The van der Waals surface area contributed by atoms with Gasteiger partial charge in [-0.1, -0.05) is 70.8 Å². The first kappa shape index (κ1) is 28.2. The van der Waals surface area contributed by atoms with Gasteiger partial charge in [-0.3, -0.25) is 9.59 Å². The lowest BCUT2D eigenvalue weighted by Gasteiger charge is -2.23. The molecule has 0 aliphatic heterocycles. The van der Waals surface area contributed by atoms with Crippen LogP contribution in [0.3, 0.4) is 0 Å². The second-order valence-corrected chi connectivity index (χ2v) is 11.0. The summed E-state index contributed by atoms with van der Waals surface area (Å²) in [5.41, 5.74) is 2.06. The number of halogens is 3. The summed E-state index contributed by atoms with van der Waals surface area (Å²) < 4.78 is 2.83. The number of nitrogens with one attached hydrogen (secondary N) is 2. The summed E-state index contributed by atoms with van der Waals surface area (Å²) in [7, 11) is 0. The molecule has 36 heavy (non-hydrogen) atoms. The van der Waals surface area contributed by atoms with Crippen LogP contribution in [0, 0.1) is 12.8 Å². The van der Waals surface area contributed by atoms with Crippen molar-refractivity contribution < 1.29 is 9.59 Å². The maximum absolute atomic E-state index is 13.0. The summed E-state index contributed by atoms with van der Waals surface area (Å²) in [6.45, 7) is 10.2. The largest absolute Gasteiger partial charge is 0.342 e. The maximum Gasteiger partial charge on any atom is 0.253 e. The molecule has 0 saturated heterocycles. The van der Waals surface area contributed by atoms with Crippen LogP contribution in [0.1, 0.15) is 41.6 Å². The number of aryl methyl sites for hydroxylation is 1. The van der Waals surface area contributed by atoms with Crippen molar-refractivity contribution in [3.8, 4) is 0 Å². The molecule has 3 rings (SSSR count). The van der Waals surface area contributed by atoms with E-state index in [1.807, 2.05) is 43.5 Å². The quantitative estimate of drug-likeness (QED) is 0.197. The highest BCUT2D eigenvalue weighted by Crippen LogP contribution is 2.27. The summed E-state index contributed by atoms with van der Waals surface area (Å²) >= 11 is 16.9. The molecule has 0 saturated carbocycles. The Kier molecular flexibility index (Phi) is 10.0. The van der Waals surface area contributed by atoms with Crippen LogP contribution in [0.15, 0.2) is 58.7 Å². The molecule has 1 atom stereocenters. The summed E-state index contributed by atoms with van der Waals surface area (Å²) in [6, 6.07) is 9.89. The van der Waals surface area contributed by atoms with Gasteiger partial charge in [0.1, 0.15) is 0 Å². The molecule has 2 N–H and O–H groups in total. The number of thioether (sulfide) groups is 1. The molecule has 0 aliphatic rings. The Bertz CT molecular complexity index is 1280. The van der Waals surface area contributed by atoms with Crippen LogP contribution in [0.2, 0.25) is 10.0 Å². The summed E-state index contributed by atoms with van der Waals surface area (Å²) in [5.74, 6) is 0.192. The van der Waals surface area contributed by atoms with Gasteiger partial charge in [-0.25, -0.2) is 0 Å². The Hall–Kier alpha value is -2.33. The number of amides is 2. The SMILES string of the molecule is C=CCn1c(SCC(=O)Nc2ccc(Br)c(C)c2)nnc1[C@H](NC(=O)c1ccc(Cl)cc1Cl)C(C)C. The minimum Gasteiger partial charge on any atom is -0.342 e. The number of anilines is 1. The molecule has 0 aliphatic carbocycles. The van der Waals surface area contributed by atoms with E-state index in [4.69, 9.17) is 23.2 Å². The van der Waals surface area contributed by atoms with Crippen LogP contribution in [-0.2, 0) is 11.3 Å². The standard InChI is InChI=1S/C25H26BrCl2N5O2S/c1-5-10-33-23(22(14(2)3)30-24(35)18-8-6-16(27)12-20(18)28)31-32-25(33)36-13-21(34)29-17-7-9-19(26)15(4)11-17/h5-9,11-12,14,22H,1,10,13H2,2-4H3,(H,29,34)(H,30,35)/t22-/m1/s1. The van der Waals surface area contributed by atoms with Crippen LogP contribution >= 0.6 is 50.9 Å². The van der Waals surface area contributed by atoms with E-state index < -0.39 is 6.04 Å². The lowest BCUT2D eigenvalue weighted by atomic mass is 10.0. The molecule has 190 valence electrons. The molecule has 0 radical (unpaired) electrons. The third-order valence-electron chi connectivity index (χ3n) is 5.24. The molecule has 3 aromatic rings. The molecule has 0 bridgehead atoms. The van der Waals surface area contributed by atoms with Gasteiger partial charge in [-0.2, -0.15) is 0 Å². The van der Waals surface area contributed by atoms with Crippen LogP contribution in [-0.4, -0.2) is 32.3 Å². The number of aromatic nitrogens is 3. The van der Waals surface area contributed by atoms with Crippen molar-refractivity contribution in [3.05, 3.63) is 80.5 Å². The Morgan fingerprint density at radius 2 is 1.94 bits per heavy atom. The van der Waals surface area contributed by atoms with E-state index in [2.05, 4.69) is 43.3 Å². The average molecular weight is 611 g/mol. The highest BCUT2D eigenvalue weighted by Gasteiger charge is 2.27. The molecule has 2 aromatic carbocycles. The number of nitrogens with zero attached hydrogens (tertiary/aromatic N) is 3. The van der Waals surface area contributed by atoms with Crippen molar-refractivity contribution in [1.82, 2.24) is 20.1 Å². The summed E-state index contributed by atoms with van der Waals surface area (Å²) in [4.78, 5) is 25.6. The summed E-state index contributed by atoms with van der Waals surface area (Å²) in [5, 5.41) is 15.8. The topological polar surface area (TPSA) is 88.9 Å². The average Bonchev–Trinajstić information content (AvgIpc) is 3.20. The lowest BCUT2D eigenvalue weighted by molar-refractivity contribution is -0.113. The zero-order valence-electron chi connectivity index (χ0n) is 20.0. The predicted molar refractivity (Wildman–Crippen MR) is 150 cm³/mol. The molecule has 0 unspecified atom stereocenters. The van der Waals surface area contributed by atoms with Gasteiger partial charge in [-0.05, 0) is 54.8 Å². The number of benzene rings is 2. The molecule has 7 nitrogen and oxygen atoms in total. The Labute approximate surface area is 233 Å². The van der Waals surface area contributed by atoms with Gasteiger partial charge in [0.15, 0.2) is 11.0 Å². The Balaban J connectivity index is 1.76. The lowest BCUT2D eigenvalue weighted by Crippen LogP contribution is -2.34. The molecule has 1 heterocycles. The first-order chi connectivity index (χ1) is 17.1. The maximum atomic E-state index is 13.0. The first-order valence-electron chi connectivity index (χ1n) is 11.1. The van der Waals surface area contributed by atoms with E-state index in [1.54, 1.807) is 18.2 Å². The third-order valence-corrected chi connectivity index (χ3v) is 7.64. The highest BCUT2D eigenvalue weighted by atomic mass is 79.9. The van der Waals surface area contributed by atoms with E-state index in [1.165, 1.54) is 17.8 Å². The number of hydrogen-bond donors (Lipinski definition) is 2. The fraction of sp³-hybridized carbons (Fsp3) is 0.280. The second-order valence-electron chi connectivity index (χ2n) is 8.36. The molecule has 1 aromatic heterocycles. The predicted octanol–water partition coefficient (Wildman–Crippen LogP) is 6.70. The monoisotopic (exact) mass is 609 g/mol. The van der Waals surface area contributed by atoms with Gasteiger partial charge in [0, 0.05) is 21.7 Å². The third kappa shape index (κ3) is 7.12. The fourth-order valence-corrected chi connectivity index (χ4v) is 4.90. The van der Waals surface area contributed by atoms with E-state index >= 15 is 0 Å². The van der Waals surface area contributed by atoms with Crippen molar-refractivity contribution in [2.75, 3.05) is 11.1 Å². The van der Waals surface area contributed by atoms with Gasteiger partial charge in [-0.15, -0.1) is 16.8 Å². The molecular formula is C25H26BrCl2N5O2S. The highest BCUT2D eigenvalue weighted by molar-refractivity contribution is 9.10. The van der Waals surface area contributed by atoms with Gasteiger partial charge in [0.2, 0.25) is 5.91 Å². The van der Waals surface area contributed by atoms with Gasteiger partial charge in [0.25, 0.3) is 5.91 Å². The zero-order chi connectivity index (χ0) is 26.4. The first-order valence-corrected chi connectivity index (χ1v) is 13.6. The minimum absolute atomic E-state index is 0.00501. The Morgan fingerprint density at radius 1 is 1.19 bits per heavy atom. The number of hydrogen-bond acceptors (Lipinski definition) is 5. The van der Waals surface area contributed by atoms with E-state index in [0.29, 0.717) is 28.1 Å². The zero-order valence-corrected chi connectivity index (χ0v) is 23.9. The molecule has 0 spiro atoms. The number of carbonyl (C=O) groups is 2. The number of carbonyl (C=O) groups excluding carboxylic acids is 2.